The van der Waals surface area contributed by atoms with Gasteiger partial charge in [-0.15, -0.1) is 0 Å². The Bertz CT molecular complexity index is 1080. The minimum Gasteiger partial charge on any atom is -0.355 e. The van der Waals surface area contributed by atoms with E-state index < -0.39 is 0 Å². The Kier molecular flexibility index (Phi) is 4.04. The van der Waals surface area contributed by atoms with E-state index in [1.807, 2.05) is 0 Å². The average Bonchev–Trinajstić information content (AvgIpc) is 3.07. The van der Waals surface area contributed by atoms with Crippen LogP contribution in [0.3, 0.4) is 0 Å². The molecule has 1 N–H and O–H groups in total. The van der Waals surface area contributed by atoms with Crippen molar-refractivity contribution in [3.63, 3.8) is 0 Å². The second kappa shape index (κ2) is 6.69. The van der Waals surface area contributed by atoms with Gasteiger partial charge in [0.1, 0.15) is 17.4 Å². The number of hydrogen-bond donors (Lipinski definition) is 1. The van der Waals surface area contributed by atoms with Crippen molar-refractivity contribution in [1.29, 1.82) is 0 Å². The summed E-state index contributed by atoms with van der Waals surface area (Å²) in [6.07, 6.45) is 5.31. The standard InChI is InChI=1S/C23H24N4/c1-16-7-8-20-19(13-16)21-22(26-20)23(25-15-24-21)27-11-9-18(10-12-27)14-17-5-3-2-4-6-17/h2-8,13,15,18,26H,9-12,14H2,1H3. The Balaban J connectivity index is 1.39. The number of piperidine rings is 1. The van der Waals surface area contributed by atoms with Crippen LogP contribution in [-0.2, 0) is 6.42 Å². The van der Waals surface area contributed by atoms with E-state index in [0.717, 1.165) is 41.4 Å². The molecule has 1 fully saturated rings. The van der Waals surface area contributed by atoms with E-state index in [1.165, 1.54) is 35.8 Å². The maximum Gasteiger partial charge on any atom is 0.156 e. The van der Waals surface area contributed by atoms with Crippen molar-refractivity contribution in [2.24, 2.45) is 5.92 Å². The zero-order chi connectivity index (χ0) is 18.2. The molecule has 27 heavy (non-hydrogen) atoms. The molecule has 0 spiro atoms. The summed E-state index contributed by atoms with van der Waals surface area (Å²) in [6.45, 7) is 4.23. The molecule has 0 atom stereocenters. The predicted molar refractivity (Wildman–Crippen MR) is 111 cm³/mol. The predicted octanol–water partition coefficient (Wildman–Crippen LogP) is 4.88. The number of rotatable bonds is 3. The van der Waals surface area contributed by atoms with Gasteiger partial charge in [0.2, 0.25) is 0 Å². The lowest BCUT2D eigenvalue weighted by Crippen LogP contribution is -2.35. The third-order valence-corrected chi connectivity index (χ3v) is 5.80. The number of nitrogens with one attached hydrogen (secondary N) is 1. The van der Waals surface area contributed by atoms with Crippen molar-refractivity contribution < 1.29 is 0 Å². The molecule has 0 unspecified atom stereocenters. The molecule has 4 nitrogen and oxygen atoms in total. The van der Waals surface area contributed by atoms with Gasteiger partial charge in [0.05, 0.1) is 0 Å². The number of anilines is 1. The fourth-order valence-corrected chi connectivity index (χ4v) is 4.33. The van der Waals surface area contributed by atoms with E-state index in [4.69, 9.17) is 0 Å². The van der Waals surface area contributed by atoms with Gasteiger partial charge < -0.3 is 9.88 Å². The van der Waals surface area contributed by atoms with Gasteiger partial charge in [0.25, 0.3) is 0 Å². The van der Waals surface area contributed by atoms with E-state index in [2.05, 4.69) is 75.3 Å². The highest BCUT2D eigenvalue weighted by atomic mass is 15.2. The lowest BCUT2D eigenvalue weighted by molar-refractivity contribution is 0.402. The first-order valence-corrected chi connectivity index (χ1v) is 9.80. The largest absolute Gasteiger partial charge is 0.355 e. The van der Waals surface area contributed by atoms with Crippen molar-refractivity contribution in [2.75, 3.05) is 18.0 Å². The van der Waals surface area contributed by atoms with Crippen LogP contribution in [0.2, 0.25) is 0 Å². The number of benzene rings is 2. The summed E-state index contributed by atoms with van der Waals surface area (Å²) in [5.74, 6) is 1.80. The molecule has 2 aromatic heterocycles. The molecule has 1 saturated heterocycles. The topological polar surface area (TPSA) is 44.8 Å². The minimum absolute atomic E-state index is 0.756. The van der Waals surface area contributed by atoms with Crippen LogP contribution in [0.15, 0.2) is 54.9 Å². The van der Waals surface area contributed by atoms with Gasteiger partial charge in [-0.05, 0) is 49.8 Å². The SMILES string of the molecule is Cc1ccc2[nH]c3c(N4CCC(Cc5ccccc5)CC4)ncnc3c2c1. The number of hydrogen-bond acceptors (Lipinski definition) is 3. The molecule has 3 heterocycles. The summed E-state index contributed by atoms with van der Waals surface area (Å²) in [4.78, 5) is 15.2. The van der Waals surface area contributed by atoms with Crippen LogP contribution in [0.25, 0.3) is 21.9 Å². The van der Waals surface area contributed by atoms with E-state index >= 15 is 0 Å². The molecule has 0 saturated carbocycles. The number of aryl methyl sites for hydroxylation is 1. The smallest absolute Gasteiger partial charge is 0.156 e. The van der Waals surface area contributed by atoms with Crippen molar-refractivity contribution in [3.05, 3.63) is 66.0 Å². The van der Waals surface area contributed by atoms with Crippen molar-refractivity contribution in [1.82, 2.24) is 15.0 Å². The number of fused-ring (bicyclic) bond motifs is 3. The van der Waals surface area contributed by atoms with Gasteiger partial charge >= 0.3 is 0 Å². The molecule has 0 bridgehead atoms. The van der Waals surface area contributed by atoms with Crippen LogP contribution < -0.4 is 4.90 Å². The van der Waals surface area contributed by atoms with Crippen LogP contribution in [0.1, 0.15) is 24.0 Å². The summed E-state index contributed by atoms with van der Waals surface area (Å²) in [6, 6.07) is 17.3. The molecule has 4 heteroatoms. The lowest BCUT2D eigenvalue weighted by atomic mass is 9.90. The van der Waals surface area contributed by atoms with Gasteiger partial charge in [-0.2, -0.15) is 0 Å². The van der Waals surface area contributed by atoms with Crippen LogP contribution in [0.4, 0.5) is 5.82 Å². The highest BCUT2D eigenvalue weighted by Gasteiger charge is 2.23. The molecule has 0 radical (unpaired) electrons. The van der Waals surface area contributed by atoms with Crippen molar-refractivity contribution in [3.8, 4) is 0 Å². The van der Waals surface area contributed by atoms with Crippen molar-refractivity contribution in [2.45, 2.75) is 26.2 Å². The van der Waals surface area contributed by atoms with Gasteiger partial charge in [-0.1, -0.05) is 42.0 Å². The Morgan fingerprint density at radius 3 is 2.67 bits per heavy atom. The monoisotopic (exact) mass is 356 g/mol. The fourth-order valence-electron chi connectivity index (χ4n) is 4.33. The molecular formula is C23H24N4. The van der Waals surface area contributed by atoms with E-state index in [9.17, 15) is 0 Å². The lowest BCUT2D eigenvalue weighted by Gasteiger charge is -2.33. The molecular weight excluding hydrogens is 332 g/mol. The van der Waals surface area contributed by atoms with E-state index in [0.29, 0.717) is 0 Å². The molecule has 2 aromatic carbocycles. The highest BCUT2D eigenvalue weighted by molar-refractivity contribution is 6.08. The third-order valence-electron chi connectivity index (χ3n) is 5.80. The van der Waals surface area contributed by atoms with E-state index in [-0.39, 0.29) is 0 Å². The molecule has 4 aromatic rings. The first-order chi connectivity index (χ1) is 13.3. The highest BCUT2D eigenvalue weighted by Crippen LogP contribution is 2.32. The quantitative estimate of drug-likeness (QED) is 0.569. The molecule has 0 aliphatic carbocycles. The average molecular weight is 356 g/mol. The Morgan fingerprint density at radius 1 is 1.04 bits per heavy atom. The number of H-pyrrole nitrogens is 1. The Morgan fingerprint density at radius 2 is 1.85 bits per heavy atom. The van der Waals surface area contributed by atoms with E-state index in [1.54, 1.807) is 6.33 Å². The zero-order valence-corrected chi connectivity index (χ0v) is 15.7. The molecule has 0 amide bonds. The van der Waals surface area contributed by atoms with Crippen LogP contribution in [0, 0.1) is 12.8 Å². The van der Waals surface area contributed by atoms with Gasteiger partial charge in [0, 0.05) is 24.0 Å². The summed E-state index contributed by atoms with van der Waals surface area (Å²) < 4.78 is 0. The normalized spacial score (nSPS) is 15.7. The molecule has 1 aliphatic heterocycles. The number of aromatic amines is 1. The minimum atomic E-state index is 0.756. The fraction of sp³-hybridized carbons (Fsp3) is 0.304. The molecule has 1 aliphatic rings. The zero-order valence-electron chi connectivity index (χ0n) is 15.7. The first-order valence-electron chi connectivity index (χ1n) is 9.80. The van der Waals surface area contributed by atoms with Gasteiger partial charge in [-0.3, -0.25) is 0 Å². The number of aromatic nitrogens is 3. The number of nitrogens with zero attached hydrogens (tertiary/aromatic N) is 3. The summed E-state index contributed by atoms with van der Waals surface area (Å²) >= 11 is 0. The van der Waals surface area contributed by atoms with Crippen LogP contribution in [0.5, 0.6) is 0 Å². The first kappa shape index (κ1) is 16.3. The van der Waals surface area contributed by atoms with Crippen LogP contribution in [-0.4, -0.2) is 28.0 Å². The summed E-state index contributed by atoms with van der Waals surface area (Å²) in [7, 11) is 0. The second-order valence-corrected chi connectivity index (χ2v) is 7.72. The van der Waals surface area contributed by atoms with Gasteiger partial charge in [0.15, 0.2) is 5.82 Å². The van der Waals surface area contributed by atoms with Crippen molar-refractivity contribution >= 4 is 27.8 Å². The summed E-state index contributed by atoms with van der Waals surface area (Å²) in [5.41, 5.74) is 5.94. The third kappa shape index (κ3) is 3.05. The molecule has 5 rings (SSSR count). The summed E-state index contributed by atoms with van der Waals surface area (Å²) in [5, 5.41) is 1.19. The van der Waals surface area contributed by atoms with Crippen LogP contribution >= 0.6 is 0 Å². The maximum atomic E-state index is 4.64. The Labute approximate surface area is 159 Å². The Hall–Kier alpha value is -2.88. The maximum absolute atomic E-state index is 4.64. The molecule has 136 valence electrons. The van der Waals surface area contributed by atoms with Gasteiger partial charge in [-0.25, -0.2) is 9.97 Å². The second-order valence-electron chi connectivity index (χ2n) is 7.72.